The van der Waals surface area contributed by atoms with Crippen LogP contribution in [0.5, 0.6) is 0 Å². The summed E-state index contributed by atoms with van der Waals surface area (Å²) in [6, 6.07) is 12.9. The molecule has 1 saturated heterocycles. The van der Waals surface area contributed by atoms with E-state index in [0.717, 1.165) is 17.3 Å². The summed E-state index contributed by atoms with van der Waals surface area (Å²) < 4.78 is 36.5. The molecule has 0 unspecified atom stereocenters. The highest BCUT2D eigenvalue weighted by Gasteiger charge is 2.31. The first kappa shape index (κ1) is 21.0. The number of rotatable bonds is 4. The van der Waals surface area contributed by atoms with Crippen molar-refractivity contribution in [3.63, 3.8) is 0 Å². The third-order valence-corrected chi connectivity index (χ3v) is 7.97. The number of benzene rings is 1. The Bertz CT molecular complexity index is 1510. The number of nitrogens with zero attached hydrogens (tertiary/aromatic N) is 3. The lowest BCUT2D eigenvalue weighted by atomic mass is 10.2. The molecule has 0 spiro atoms. The quantitative estimate of drug-likeness (QED) is 0.330. The van der Waals surface area contributed by atoms with Gasteiger partial charge < -0.3 is 10.5 Å². The second-order valence-electron chi connectivity index (χ2n) is 7.68. The molecule has 10 heteroatoms. The van der Waals surface area contributed by atoms with Gasteiger partial charge in [0.25, 0.3) is 11.2 Å². The summed E-state index contributed by atoms with van der Waals surface area (Å²) in [5.74, 6) is 0.0306. The maximum atomic E-state index is 13.5. The van der Waals surface area contributed by atoms with Gasteiger partial charge in [0.2, 0.25) is 21.3 Å². The molecule has 1 aliphatic rings. The molecule has 4 heterocycles. The van der Waals surface area contributed by atoms with Crippen LogP contribution in [-0.4, -0.2) is 30.5 Å². The van der Waals surface area contributed by atoms with Gasteiger partial charge in [0.05, 0.1) is 17.5 Å². The van der Waals surface area contributed by atoms with Crippen molar-refractivity contribution in [2.24, 2.45) is 0 Å². The SMILES string of the molecule is Nc1c(S(=O)(=O)c2ccc(Br)cc2)cc2c(=O)n3ccccc3nc2[n+]1C[C@H]1CCCO1. The number of hydrogen-bond donors (Lipinski definition) is 1. The third kappa shape index (κ3) is 3.48. The van der Waals surface area contributed by atoms with E-state index in [2.05, 4.69) is 20.9 Å². The van der Waals surface area contributed by atoms with Gasteiger partial charge in [-0.2, -0.15) is 0 Å². The van der Waals surface area contributed by atoms with Gasteiger partial charge in [-0.1, -0.05) is 27.0 Å². The molecule has 0 bridgehead atoms. The van der Waals surface area contributed by atoms with E-state index in [1.54, 1.807) is 41.1 Å². The van der Waals surface area contributed by atoms with Crippen LogP contribution < -0.4 is 15.9 Å². The van der Waals surface area contributed by atoms with Crippen LogP contribution in [-0.2, 0) is 21.1 Å². The number of aromatic nitrogens is 3. The van der Waals surface area contributed by atoms with Gasteiger partial charge in [0.1, 0.15) is 10.3 Å². The molecule has 1 aliphatic heterocycles. The fraction of sp³-hybridized carbons (Fsp3) is 0.227. The van der Waals surface area contributed by atoms with E-state index in [1.807, 2.05) is 0 Å². The molecule has 0 aliphatic carbocycles. The summed E-state index contributed by atoms with van der Waals surface area (Å²) in [5.41, 5.74) is 6.87. The summed E-state index contributed by atoms with van der Waals surface area (Å²) in [4.78, 5) is 17.9. The summed E-state index contributed by atoms with van der Waals surface area (Å²) in [6.07, 6.45) is 3.21. The molecule has 4 aromatic rings. The van der Waals surface area contributed by atoms with Gasteiger partial charge in [-0.15, -0.1) is 0 Å². The average molecular weight is 516 g/mol. The lowest BCUT2D eigenvalue weighted by molar-refractivity contribution is -0.667. The Morgan fingerprint density at radius 3 is 2.72 bits per heavy atom. The van der Waals surface area contributed by atoms with Crippen molar-refractivity contribution < 1.29 is 17.7 Å². The summed E-state index contributed by atoms with van der Waals surface area (Å²) in [5, 5.41) is 0.177. The zero-order valence-corrected chi connectivity index (χ0v) is 19.3. The molecule has 8 nitrogen and oxygen atoms in total. The smallest absolute Gasteiger partial charge is 0.278 e. The Hall–Kier alpha value is -2.82. The molecule has 0 radical (unpaired) electrons. The fourth-order valence-electron chi connectivity index (χ4n) is 4.01. The van der Waals surface area contributed by atoms with Crippen LogP contribution in [0.1, 0.15) is 12.8 Å². The molecule has 1 fully saturated rings. The van der Waals surface area contributed by atoms with Gasteiger partial charge in [0.15, 0.2) is 0 Å². The first-order valence-corrected chi connectivity index (χ1v) is 12.4. The molecule has 164 valence electrons. The molecule has 32 heavy (non-hydrogen) atoms. The Morgan fingerprint density at radius 2 is 2.00 bits per heavy atom. The Kier molecular flexibility index (Phi) is 5.23. The minimum Gasteiger partial charge on any atom is -0.375 e. The zero-order chi connectivity index (χ0) is 22.5. The van der Waals surface area contributed by atoms with Gasteiger partial charge in [-0.05, 0) is 55.3 Å². The minimum absolute atomic E-state index is 0.0306. The first-order chi connectivity index (χ1) is 15.4. The van der Waals surface area contributed by atoms with Crippen molar-refractivity contribution in [2.75, 3.05) is 12.3 Å². The topological polar surface area (TPSA) is 108 Å². The second-order valence-corrected chi connectivity index (χ2v) is 10.5. The molecule has 1 aromatic carbocycles. The lowest BCUT2D eigenvalue weighted by Crippen LogP contribution is -2.45. The van der Waals surface area contributed by atoms with Crippen molar-refractivity contribution in [1.82, 2.24) is 9.38 Å². The molecule has 1 atom stereocenters. The number of sulfone groups is 1. The van der Waals surface area contributed by atoms with Crippen molar-refractivity contribution >= 4 is 48.3 Å². The maximum absolute atomic E-state index is 13.5. The van der Waals surface area contributed by atoms with E-state index in [-0.39, 0.29) is 32.7 Å². The number of fused-ring (bicyclic) bond motifs is 2. The number of pyridine rings is 2. The zero-order valence-electron chi connectivity index (χ0n) is 16.9. The monoisotopic (exact) mass is 515 g/mol. The Labute approximate surface area is 192 Å². The number of nitrogen functional groups attached to an aromatic ring is 1. The third-order valence-electron chi connectivity index (χ3n) is 5.65. The minimum atomic E-state index is -3.99. The van der Waals surface area contributed by atoms with Crippen molar-refractivity contribution in [1.29, 1.82) is 0 Å². The fourth-order valence-corrected chi connectivity index (χ4v) is 5.68. The summed E-state index contributed by atoms with van der Waals surface area (Å²) >= 11 is 3.32. The maximum Gasteiger partial charge on any atom is 0.278 e. The lowest BCUT2D eigenvalue weighted by Gasteiger charge is -2.15. The Morgan fingerprint density at radius 1 is 1.22 bits per heavy atom. The van der Waals surface area contributed by atoms with Crippen molar-refractivity contribution in [2.45, 2.75) is 35.3 Å². The molecule has 0 saturated carbocycles. The van der Waals surface area contributed by atoms with Crippen LogP contribution in [0.2, 0.25) is 0 Å². The van der Waals surface area contributed by atoms with Crippen LogP contribution in [0.15, 0.2) is 73.8 Å². The van der Waals surface area contributed by atoms with Gasteiger partial charge in [-0.25, -0.2) is 13.0 Å². The van der Waals surface area contributed by atoms with Crippen LogP contribution in [0.3, 0.4) is 0 Å². The average Bonchev–Trinajstić information content (AvgIpc) is 3.29. The van der Waals surface area contributed by atoms with Crippen molar-refractivity contribution in [3.8, 4) is 0 Å². The molecular formula is C22H20BrN4O4S+. The predicted octanol–water partition coefficient (Wildman–Crippen LogP) is 2.49. The standard InChI is InChI=1S/C22H19BrN4O4S/c23-14-6-8-16(9-7-14)32(29,30)18-12-17-21(25-19-5-1-2-10-26(19)22(17)28)27(20(18)24)13-15-4-3-11-31-15/h1-2,5-10,12,15,24H,3-4,11,13H2/p+1/t15-/m1/s1. The highest BCUT2D eigenvalue weighted by molar-refractivity contribution is 9.10. The summed E-state index contributed by atoms with van der Waals surface area (Å²) in [6.45, 7) is 0.945. The van der Waals surface area contributed by atoms with Gasteiger partial charge >= 0.3 is 0 Å². The van der Waals surface area contributed by atoms with Crippen LogP contribution in [0.25, 0.3) is 16.7 Å². The number of nitrogens with two attached hydrogens (primary N) is 1. The van der Waals surface area contributed by atoms with E-state index in [4.69, 9.17) is 10.5 Å². The number of halogens is 1. The van der Waals surface area contributed by atoms with Gasteiger partial charge in [0, 0.05) is 17.3 Å². The molecule has 5 rings (SSSR count). The van der Waals surface area contributed by atoms with E-state index in [0.29, 0.717) is 24.4 Å². The largest absolute Gasteiger partial charge is 0.375 e. The van der Waals surface area contributed by atoms with Crippen LogP contribution in [0, 0.1) is 0 Å². The van der Waals surface area contributed by atoms with Crippen LogP contribution in [0.4, 0.5) is 5.82 Å². The molecule has 2 N–H and O–H groups in total. The Balaban J connectivity index is 1.83. The molecule has 3 aromatic heterocycles. The number of ether oxygens (including phenoxy) is 1. The molecule has 0 amide bonds. The summed E-state index contributed by atoms with van der Waals surface area (Å²) in [7, 11) is -3.99. The first-order valence-electron chi connectivity index (χ1n) is 10.1. The van der Waals surface area contributed by atoms with E-state index < -0.39 is 9.84 Å². The van der Waals surface area contributed by atoms with Crippen LogP contribution >= 0.6 is 15.9 Å². The number of hydrogen-bond acceptors (Lipinski definition) is 6. The second kappa shape index (κ2) is 7.95. The predicted molar refractivity (Wildman–Crippen MR) is 122 cm³/mol. The number of anilines is 1. The van der Waals surface area contributed by atoms with E-state index >= 15 is 0 Å². The normalized spacial score (nSPS) is 16.7. The van der Waals surface area contributed by atoms with E-state index in [1.165, 1.54) is 22.6 Å². The highest BCUT2D eigenvalue weighted by atomic mass is 79.9. The van der Waals surface area contributed by atoms with Gasteiger partial charge in [-0.3, -0.25) is 9.20 Å². The van der Waals surface area contributed by atoms with Crippen molar-refractivity contribution in [3.05, 3.63) is 69.6 Å². The van der Waals surface area contributed by atoms with E-state index in [9.17, 15) is 13.2 Å². The highest BCUT2D eigenvalue weighted by Crippen LogP contribution is 2.27. The molecular weight excluding hydrogens is 496 g/mol.